The lowest BCUT2D eigenvalue weighted by Crippen LogP contribution is -2.35. The average molecular weight is 274 g/mol. The maximum absolute atomic E-state index is 12.1. The van der Waals surface area contributed by atoms with Crippen molar-refractivity contribution in [3.8, 4) is 0 Å². The Kier molecular flexibility index (Phi) is 5.15. The highest BCUT2D eigenvalue weighted by Gasteiger charge is 2.21. The summed E-state index contributed by atoms with van der Waals surface area (Å²) >= 11 is 0. The van der Waals surface area contributed by atoms with Crippen LogP contribution in [0.4, 0.5) is 5.69 Å². The normalized spacial score (nSPS) is 13.6. The van der Waals surface area contributed by atoms with E-state index >= 15 is 0 Å². The standard InChI is InChI=1S/C11H22N4O2S/c1-5-6-12-7-9(2)18(16,17)14-11-8-15(4)13-10(11)3/h8-9,12,14H,5-7H2,1-4H3. The van der Waals surface area contributed by atoms with Gasteiger partial charge in [0.1, 0.15) is 0 Å². The van der Waals surface area contributed by atoms with Gasteiger partial charge in [-0.15, -0.1) is 0 Å². The fourth-order valence-electron chi connectivity index (χ4n) is 1.55. The van der Waals surface area contributed by atoms with Gasteiger partial charge in [0, 0.05) is 19.8 Å². The van der Waals surface area contributed by atoms with Gasteiger partial charge in [-0.1, -0.05) is 6.92 Å². The zero-order valence-corrected chi connectivity index (χ0v) is 12.2. The molecule has 7 heteroatoms. The number of sulfonamides is 1. The first kappa shape index (κ1) is 15.0. The molecule has 1 aromatic heterocycles. The van der Waals surface area contributed by atoms with Gasteiger partial charge < -0.3 is 5.32 Å². The van der Waals surface area contributed by atoms with E-state index in [1.807, 2.05) is 6.92 Å². The third-order valence-corrected chi connectivity index (χ3v) is 4.38. The number of nitrogens with one attached hydrogen (secondary N) is 2. The smallest absolute Gasteiger partial charge is 0.236 e. The Hall–Kier alpha value is -1.08. The van der Waals surface area contributed by atoms with Gasteiger partial charge in [-0.05, 0) is 26.8 Å². The van der Waals surface area contributed by atoms with Crippen LogP contribution >= 0.6 is 0 Å². The summed E-state index contributed by atoms with van der Waals surface area (Å²) in [5.74, 6) is 0. The summed E-state index contributed by atoms with van der Waals surface area (Å²) < 4.78 is 28.3. The molecule has 0 bridgehead atoms. The van der Waals surface area contributed by atoms with Crippen LogP contribution in [0.2, 0.25) is 0 Å². The fraction of sp³-hybridized carbons (Fsp3) is 0.727. The monoisotopic (exact) mass is 274 g/mol. The zero-order valence-electron chi connectivity index (χ0n) is 11.4. The first-order chi connectivity index (χ1) is 8.36. The van der Waals surface area contributed by atoms with Crippen molar-refractivity contribution in [3.63, 3.8) is 0 Å². The van der Waals surface area contributed by atoms with Gasteiger partial charge in [-0.25, -0.2) is 8.42 Å². The Labute approximate surface area is 109 Å². The zero-order chi connectivity index (χ0) is 13.8. The molecule has 0 fully saturated rings. The van der Waals surface area contributed by atoms with Crippen LogP contribution in [0.15, 0.2) is 6.20 Å². The van der Waals surface area contributed by atoms with Crippen molar-refractivity contribution in [2.45, 2.75) is 32.4 Å². The van der Waals surface area contributed by atoms with Gasteiger partial charge >= 0.3 is 0 Å². The number of hydrogen-bond donors (Lipinski definition) is 2. The molecule has 0 aromatic carbocycles. The lowest BCUT2D eigenvalue weighted by Gasteiger charge is -2.14. The molecule has 0 radical (unpaired) electrons. The third kappa shape index (κ3) is 3.99. The molecule has 1 rings (SSSR count). The second-order valence-electron chi connectivity index (χ2n) is 4.46. The summed E-state index contributed by atoms with van der Waals surface area (Å²) in [6.45, 7) is 6.78. The van der Waals surface area contributed by atoms with Gasteiger partial charge in [-0.3, -0.25) is 9.40 Å². The van der Waals surface area contributed by atoms with E-state index < -0.39 is 15.3 Å². The second kappa shape index (κ2) is 6.19. The molecule has 0 aliphatic rings. The van der Waals surface area contributed by atoms with Crippen LogP contribution in [0.1, 0.15) is 26.0 Å². The van der Waals surface area contributed by atoms with Crippen LogP contribution in [0.25, 0.3) is 0 Å². The second-order valence-corrected chi connectivity index (χ2v) is 6.56. The number of rotatable bonds is 7. The molecule has 18 heavy (non-hydrogen) atoms. The molecule has 0 aliphatic carbocycles. The molecule has 0 aliphatic heterocycles. The van der Waals surface area contributed by atoms with E-state index in [1.54, 1.807) is 31.8 Å². The van der Waals surface area contributed by atoms with Crippen molar-refractivity contribution in [3.05, 3.63) is 11.9 Å². The van der Waals surface area contributed by atoms with E-state index in [4.69, 9.17) is 0 Å². The topological polar surface area (TPSA) is 76.0 Å². The number of hydrogen-bond acceptors (Lipinski definition) is 4. The third-order valence-electron chi connectivity index (χ3n) is 2.65. The van der Waals surface area contributed by atoms with E-state index in [0.29, 0.717) is 17.9 Å². The molecule has 1 atom stereocenters. The molecule has 1 aromatic rings. The van der Waals surface area contributed by atoms with Gasteiger partial charge in [-0.2, -0.15) is 5.10 Å². The minimum Gasteiger partial charge on any atom is -0.315 e. The lowest BCUT2D eigenvalue weighted by atomic mass is 10.4. The summed E-state index contributed by atoms with van der Waals surface area (Å²) in [5.41, 5.74) is 1.22. The molecule has 0 spiro atoms. The molecule has 6 nitrogen and oxygen atoms in total. The van der Waals surface area contributed by atoms with Crippen LogP contribution < -0.4 is 10.0 Å². The van der Waals surface area contributed by atoms with E-state index in [0.717, 1.165) is 13.0 Å². The van der Waals surface area contributed by atoms with Crippen LogP contribution in [-0.4, -0.2) is 36.5 Å². The van der Waals surface area contributed by atoms with Gasteiger partial charge in [0.25, 0.3) is 0 Å². The lowest BCUT2D eigenvalue weighted by molar-refractivity contribution is 0.575. The van der Waals surface area contributed by atoms with Crippen LogP contribution in [0, 0.1) is 6.92 Å². The Bertz CT molecular complexity index is 481. The van der Waals surface area contributed by atoms with Crippen molar-refractivity contribution < 1.29 is 8.42 Å². The first-order valence-electron chi connectivity index (χ1n) is 6.09. The minimum atomic E-state index is -3.37. The summed E-state index contributed by atoms with van der Waals surface area (Å²) in [7, 11) is -1.61. The summed E-state index contributed by atoms with van der Waals surface area (Å²) in [4.78, 5) is 0. The van der Waals surface area contributed by atoms with Gasteiger partial charge in [0.05, 0.1) is 16.6 Å². The van der Waals surface area contributed by atoms with E-state index in [-0.39, 0.29) is 0 Å². The van der Waals surface area contributed by atoms with Gasteiger partial charge in [0.15, 0.2) is 0 Å². The molecule has 1 heterocycles. The molecule has 104 valence electrons. The number of anilines is 1. The summed E-state index contributed by atoms with van der Waals surface area (Å²) in [6, 6.07) is 0. The first-order valence-corrected chi connectivity index (χ1v) is 7.64. The van der Waals surface area contributed by atoms with Crippen molar-refractivity contribution >= 4 is 15.7 Å². The maximum Gasteiger partial charge on any atom is 0.236 e. The van der Waals surface area contributed by atoms with Crippen LogP contribution in [0.5, 0.6) is 0 Å². The molecular formula is C11H22N4O2S. The largest absolute Gasteiger partial charge is 0.315 e. The Morgan fingerprint density at radius 3 is 2.67 bits per heavy atom. The Balaban J connectivity index is 2.66. The molecule has 2 N–H and O–H groups in total. The molecule has 0 amide bonds. The Morgan fingerprint density at radius 2 is 2.17 bits per heavy atom. The summed E-state index contributed by atoms with van der Waals surface area (Å²) in [6.07, 6.45) is 2.65. The SMILES string of the molecule is CCCNCC(C)S(=O)(=O)Nc1cn(C)nc1C. The highest BCUT2D eigenvalue weighted by atomic mass is 32.2. The van der Waals surface area contributed by atoms with E-state index in [1.165, 1.54) is 0 Å². The quantitative estimate of drug-likeness (QED) is 0.723. The summed E-state index contributed by atoms with van der Waals surface area (Å²) in [5, 5.41) is 6.73. The predicted molar refractivity (Wildman–Crippen MR) is 73.1 cm³/mol. The average Bonchev–Trinajstić information content (AvgIpc) is 2.57. The Morgan fingerprint density at radius 1 is 1.50 bits per heavy atom. The molecule has 0 saturated carbocycles. The predicted octanol–water partition coefficient (Wildman–Crippen LogP) is 0.858. The number of aromatic nitrogens is 2. The molecular weight excluding hydrogens is 252 g/mol. The van der Waals surface area contributed by atoms with Crippen molar-refractivity contribution in [1.82, 2.24) is 15.1 Å². The molecule has 0 saturated heterocycles. The van der Waals surface area contributed by atoms with Gasteiger partial charge in [0.2, 0.25) is 10.0 Å². The van der Waals surface area contributed by atoms with Crippen molar-refractivity contribution in [2.24, 2.45) is 7.05 Å². The molecule has 1 unspecified atom stereocenters. The van der Waals surface area contributed by atoms with Crippen LogP contribution in [-0.2, 0) is 17.1 Å². The maximum atomic E-state index is 12.1. The number of aryl methyl sites for hydroxylation is 2. The fourth-order valence-corrected chi connectivity index (χ4v) is 2.59. The van der Waals surface area contributed by atoms with E-state index in [2.05, 4.69) is 15.1 Å². The van der Waals surface area contributed by atoms with Crippen molar-refractivity contribution in [1.29, 1.82) is 0 Å². The highest BCUT2D eigenvalue weighted by molar-refractivity contribution is 7.93. The van der Waals surface area contributed by atoms with Crippen LogP contribution in [0.3, 0.4) is 0 Å². The van der Waals surface area contributed by atoms with E-state index in [9.17, 15) is 8.42 Å². The van der Waals surface area contributed by atoms with Crippen molar-refractivity contribution in [2.75, 3.05) is 17.8 Å². The number of nitrogens with zero attached hydrogens (tertiary/aromatic N) is 2. The minimum absolute atomic E-state index is 0.447. The highest BCUT2D eigenvalue weighted by Crippen LogP contribution is 2.15.